The van der Waals surface area contributed by atoms with Crippen molar-refractivity contribution in [2.45, 2.75) is 13.3 Å². The van der Waals surface area contributed by atoms with Gasteiger partial charge in [0.15, 0.2) is 5.76 Å². The van der Waals surface area contributed by atoms with Gasteiger partial charge in [0.1, 0.15) is 5.76 Å². The van der Waals surface area contributed by atoms with Gasteiger partial charge in [-0.15, -0.1) is 0 Å². The van der Waals surface area contributed by atoms with E-state index < -0.39 is 0 Å². The lowest BCUT2D eigenvalue weighted by Crippen LogP contribution is -1.99. The van der Waals surface area contributed by atoms with E-state index in [2.05, 4.69) is 15.9 Å². The molecule has 0 saturated carbocycles. The van der Waals surface area contributed by atoms with Crippen molar-refractivity contribution in [1.82, 2.24) is 0 Å². The summed E-state index contributed by atoms with van der Waals surface area (Å²) in [6, 6.07) is 8.58. The normalized spacial score (nSPS) is 10.5. The van der Waals surface area contributed by atoms with Crippen LogP contribution in [0.3, 0.4) is 0 Å². The number of ketones is 1. The van der Waals surface area contributed by atoms with Crippen LogP contribution in [0.25, 0.3) is 0 Å². The maximum Gasteiger partial charge on any atom is 0.228 e. The van der Waals surface area contributed by atoms with Gasteiger partial charge < -0.3 is 4.42 Å². The van der Waals surface area contributed by atoms with E-state index in [1.54, 1.807) is 24.3 Å². The maximum atomic E-state index is 12.1. The van der Waals surface area contributed by atoms with E-state index in [0.29, 0.717) is 20.8 Å². The van der Waals surface area contributed by atoms with Gasteiger partial charge in [-0.25, -0.2) is 0 Å². The third kappa shape index (κ3) is 2.61. The fourth-order valence-electron chi connectivity index (χ4n) is 1.47. The Labute approximate surface area is 113 Å². The zero-order valence-corrected chi connectivity index (χ0v) is 11.5. The topological polar surface area (TPSA) is 30.2 Å². The van der Waals surface area contributed by atoms with Gasteiger partial charge in [-0.1, -0.05) is 18.5 Å². The second kappa shape index (κ2) is 5.07. The standard InChI is InChI=1S/C13H10BrClO2/c1-2-9-4-6-12(17-9)13(16)8-3-5-11(15)10(14)7-8/h3-7H,2H2,1H3. The van der Waals surface area contributed by atoms with E-state index in [-0.39, 0.29) is 5.78 Å². The molecule has 17 heavy (non-hydrogen) atoms. The molecule has 0 fully saturated rings. The van der Waals surface area contributed by atoms with Crippen LogP contribution in [-0.4, -0.2) is 5.78 Å². The minimum atomic E-state index is -0.137. The Morgan fingerprint density at radius 2 is 2.12 bits per heavy atom. The summed E-state index contributed by atoms with van der Waals surface area (Å²) in [4.78, 5) is 12.1. The molecule has 0 aliphatic heterocycles. The number of hydrogen-bond donors (Lipinski definition) is 0. The highest BCUT2D eigenvalue weighted by atomic mass is 79.9. The molecule has 1 aromatic heterocycles. The van der Waals surface area contributed by atoms with E-state index >= 15 is 0 Å². The molecule has 0 spiro atoms. The maximum absolute atomic E-state index is 12.1. The predicted octanol–water partition coefficient (Wildman–Crippen LogP) is 4.49. The molecule has 0 amide bonds. The number of furan rings is 1. The van der Waals surface area contributed by atoms with Gasteiger partial charge in [0.25, 0.3) is 0 Å². The molecule has 0 bridgehead atoms. The summed E-state index contributed by atoms with van der Waals surface area (Å²) in [6.07, 6.45) is 0.775. The number of carbonyl (C=O) groups excluding carboxylic acids is 1. The van der Waals surface area contributed by atoms with E-state index in [4.69, 9.17) is 16.0 Å². The predicted molar refractivity (Wildman–Crippen MR) is 70.7 cm³/mol. The van der Waals surface area contributed by atoms with Gasteiger partial charge in [0, 0.05) is 16.5 Å². The lowest BCUT2D eigenvalue weighted by molar-refractivity contribution is 0.101. The monoisotopic (exact) mass is 312 g/mol. The summed E-state index contributed by atoms with van der Waals surface area (Å²) in [5.41, 5.74) is 0.554. The summed E-state index contributed by atoms with van der Waals surface area (Å²) in [5, 5.41) is 0.579. The lowest BCUT2D eigenvalue weighted by atomic mass is 10.1. The summed E-state index contributed by atoms with van der Waals surface area (Å²) in [6.45, 7) is 1.98. The first-order valence-electron chi connectivity index (χ1n) is 5.20. The smallest absolute Gasteiger partial charge is 0.228 e. The molecular weight excluding hydrogens is 303 g/mol. The molecule has 0 aliphatic rings. The summed E-state index contributed by atoms with van der Waals surface area (Å²) >= 11 is 9.17. The van der Waals surface area contributed by atoms with Crippen molar-refractivity contribution in [1.29, 1.82) is 0 Å². The van der Waals surface area contributed by atoms with Crippen molar-refractivity contribution >= 4 is 33.3 Å². The van der Waals surface area contributed by atoms with Crippen molar-refractivity contribution in [2.75, 3.05) is 0 Å². The van der Waals surface area contributed by atoms with Crippen molar-refractivity contribution < 1.29 is 9.21 Å². The Morgan fingerprint density at radius 3 is 2.71 bits per heavy atom. The molecule has 1 aromatic carbocycles. The fourth-order valence-corrected chi connectivity index (χ4v) is 1.97. The van der Waals surface area contributed by atoms with Crippen LogP contribution in [0.15, 0.2) is 39.2 Å². The van der Waals surface area contributed by atoms with E-state index in [0.717, 1.165) is 12.2 Å². The zero-order valence-electron chi connectivity index (χ0n) is 9.17. The quantitative estimate of drug-likeness (QED) is 0.782. The van der Waals surface area contributed by atoms with Crippen LogP contribution < -0.4 is 0 Å². The van der Waals surface area contributed by atoms with Crippen molar-refractivity contribution in [3.8, 4) is 0 Å². The Hall–Kier alpha value is -1.06. The van der Waals surface area contributed by atoms with Gasteiger partial charge in [0.05, 0.1) is 5.02 Å². The molecule has 2 nitrogen and oxygen atoms in total. The van der Waals surface area contributed by atoms with Gasteiger partial charge in [-0.2, -0.15) is 0 Å². The van der Waals surface area contributed by atoms with Crippen LogP contribution in [0.5, 0.6) is 0 Å². The Morgan fingerprint density at radius 1 is 1.35 bits per heavy atom. The van der Waals surface area contributed by atoms with Crippen molar-refractivity contribution in [3.05, 3.63) is 56.9 Å². The highest BCUT2D eigenvalue weighted by Crippen LogP contribution is 2.24. The Bertz CT molecular complexity index is 560. The fraction of sp³-hybridized carbons (Fsp3) is 0.154. The van der Waals surface area contributed by atoms with Gasteiger partial charge in [-0.3, -0.25) is 4.79 Å². The molecular formula is C13H10BrClO2. The summed E-state index contributed by atoms with van der Waals surface area (Å²) in [7, 11) is 0. The minimum Gasteiger partial charge on any atom is -0.458 e. The van der Waals surface area contributed by atoms with Gasteiger partial charge >= 0.3 is 0 Å². The average Bonchev–Trinajstić information content (AvgIpc) is 2.80. The molecule has 0 unspecified atom stereocenters. The summed E-state index contributed by atoms with van der Waals surface area (Å²) in [5.74, 6) is 1.03. The number of halogens is 2. The van der Waals surface area contributed by atoms with E-state index in [1.165, 1.54) is 0 Å². The van der Waals surface area contributed by atoms with E-state index in [9.17, 15) is 4.79 Å². The van der Waals surface area contributed by atoms with Crippen LogP contribution in [0, 0.1) is 0 Å². The molecule has 0 aliphatic carbocycles. The first kappa shape index (κ1) is 12.4. The Balaban J connectivity index is 2.33. The molecule has 2 rings (SSSR count). The molecule has 1 heterocycles. The number of carbonyl (C=O) groups is 1. The third-order valence-electron chi connectivity index (χ3n) is 2.42. The number of hydrogen-bond acceptors (Lipinski definition) is 2. The molecule has 0 N–H and O–H groups in total. The molecule has 2 aromatic rings. The van der Waals surface area contributed by atoms with Crippen LogP contribution >= 0.6 is 27.5 Å². The third-order valence-corrected chi connectivity index (χ3v) is 3.63. The van der Waals surface area contributed by atoms with Gasteiger partial charge in [-0.05, 0) is 46.3 Å². The SMILES string of the molecule is CCc1ccc(C(=O)c2ccc(Cl)c(Br)c2)o1. The largest absolute Gasteiger partial charge is 0.458 e. The number of benzene rings is 1. The second-order valence-electron chi connectivity index (χ2n) is 3.58. The van der Waals surface area contributed by atoms with Crippen molar-refractivity contribution in [2.24, 2.45) is 0 Å². The number of rotatable bonds is 3. The molecule has 0 radical (unpaired) electrons. The zero-order chi connectivity index (χ0) is 12.4. The molecule has 4 heteroatoms. The summed E-state index contributed by atoms with van der Waals surface area (Å²) < 4.78 is 6.12. The van der Waals surface area contributed by atoms with Crippen LogP contribution in [0.1, 0.15) is 28.8 Å². The minimum absolute atomic E-state index is 0.137. The van der Waals surface area contributed by atoms with Gasteiger partial charge in [0.2, 0.25) is 5.78 Å². The lowest BCUT2D eigenvalue weighted by Gasteiger charge is -2.00. The molecule has 0 saturated heterocycles. The second-order valence-corrected chi connectivity index (χ2v) is 4.84. The molecule has 88 valence electrons. The molecule has 0 atom stereocenters. The van der Waals surface area contributed by atoms with E-state index in [1.807, 2.05) is 13.0 Å². The first-order valence-corrected chi connectivity index (χ1v) is 6.37. The van der Waals surface area contributed by atoms with Crippen LogP contribution in [-0.2, 0) is 6.42 Å². The van der Waals surface area contributed by atoms with Crippen LogP contribution in [0.2, 0.25) is 5.02 Å². The van der Waals surface area contributed by atoms with Crippen molar-refractivity contribution in [3.63, 3.8) is 0 Å². The Kier molecular flexibility index (Phi) is 3.69. The highest BCUT2D eigenvalue weighted by molar-refractivity contribution is 9.10. The number of aryl methyl sites for hydroxylation is 1. The highest BCUT2D eigenvalue weighted by Gasteiger charge is 2.14. The first-order chi connectivity index (χ1) is 8.11. The average molecular weight is 314 g/mol. The van der Waals surface area contributed by atoms with Crippen LogP contribution in [0.4, 0.5) is 0 Å².